The number of alkyl halides is 3. The number of hydrogen-bond donors (Lipinski definition) is 0. The third-order valence-electron chi connectivity index (χ3n) is 3.18. The third-order valence-corrected chi connectivity index (χ3v) is 3.18. The number of halogens is 3. The summed E-state index contributed by atoms with van der Waals surface area (Å²) < 4.78 is 37.0. The highest BCUT2D eigenvalue weighted by Gasteiger charge is 2.35. The van der Waals surface area contributed by atoms with Gasteiger partial charge in [-0.25, -0.2) is 9.97 Å². The van der Waals surface area contributed by atoms with Crippen molar-refractivity contribution < 1.29 is 13.2 Å². The molecule has 0 aliphatic rings. The summed E-state index contributed by atoms with van der Waals surface area (Å²) in [7, 11) is 0. The van der Waals surface area contributed by atoms with E-state index in [0.29, 0.717) is 0 Å². The first-order chi connectivity index (χ1) is 7.83. The lowest BCUT2D eigenvalue weighted by Crippen LogP contribution is -2.22. The van der Waals surface area contributed by atoms with Gasteiger partial charge < -0.3 is 0 Å². The molecule has 0 saturated heterocycles. The average molecular weight is 246 g/mol. The van der Waals surface area contributed by atoms with Crippen molar-refractivity contribution in [1.29, 1.82) is 0 Å². The van der Waals surface area contributed by atoms with Crippen molar-refractivity contribution in [1.82, 2.24) is 9.97 Å². The van der Waals surface area contributed by atoms with Crippen LogP contribution >= 0.6 is 0 Å². The van der Waals surface area contributed by atoms with E-state index in [1.807, 2.05) is 13.8 Å². The summed E-state index contributed by atoms with van der Waals surface area (Å²) in [5, 5.41) is 0. The lowest BCUT2D eigenvalue weighted by atomic mass is 9.78. The van der Waals surface area contributed by atoms with Gasteiger partial charge in [-0.15, -0.1) is 0 Å². The van der Waals surface area contributed by atoms with Crippen LogP contribution in [-0.4, -0.2) is 9.97 Å². The summed E-state index contributed by atoms with van der Waals surface area (Å²) in [6.45, 7) is 6.11. The smallest absolute Gasteiger partial charge is 0.233 e. The van der Waals surface area contributed by atoms with Crippen LogP contribution in [0, 0.1) is 0 Å². The molecule has 1 atom stereocenters. The monoisotopic (exact) mass is 246 g/mol. The first-order valence-corrected chi connectivity index (χ1v) is 5.73. The fraction of sp³-hybridized carbons (Fsp3) is 0.667. The molecular weight excluding hydrogens is 229 g/mol. The average Bonchev–Trinajstić information content (AvgIpc) is 2.28. The van der Waals surface area contributed by atoms with Crippen LogP contribution in [0.1, 0.15) is 51.4 Å². The zero-order valence-electron chi connectivity index (χ0n) is 10.3. The molecule has 0 aliphatic heterocycles. The Hall–Kier alpha value is -1.13. The maximum atomic E-state index is 12.3. The van der Waals surface area contributed by atoms with Gasteiger partial charge in [0.1, 0.15) is 0 Å². The summed E-state index contributed by atoms with van der Waals surface area (Å²) in [6.07, 6.45) is 0.884. The van der Waals surface area contributed by atoms with E-state index < -0.39 is 12.0 Å². The zero-order valence-corrected chi connectivity index (χ0v) is 10.3. The van der Waals surface area contributed by atoms with Crippen molar-refractivity contribution in [2.45, 2.75) is 51.6 Å². The molecular formula is C12H17F3N2. The maximum Gasteiger partial charge on any atom is 0.451 e. The molecule has 1 aromatic heterocycles. The quantitative estimate of drug-likeness (QED) is 0.803. The van der Waals surface area contributed by atoms with Crippen LogP contribution in [0.25, 0.3) is 0 Å². The lowest BCUT2D eigenvalue weighted by molar-refractivity contribution is -0.145. The topological polar surface area (TPSA) is 25.8 Å². The fourth-order valence-corrected chi connectivity index (χ4v) is 1.86. The number of rotatable bonds is 4. The molecule has 0 spiro atoms. The largest absolute Gasteiger partial charge is 0.451 e. The van der Waals surface area contributed by atoms with Crippen molar-refractivity contribution in [2.75, 3.05) is 0 Å². The van der Waals surface area contributed by atoms with Crippen molar-refractivity contribution in [2.24, 2.45) is 0 Å². The van der Waals surface area contributed by atoms with Gasteiger partial charge in [-0.3, -0.25) is 0 Å². The molecule has 96 valence electrons. The Morgan fingerprint density at radius 1 is 1.12 bits per heavy atom. The van der Waals surface area contributed by atoms with Crippen LogP contribution in [-0.2, 0) is 11.6 Å². The first kappa shape index (κ1) is 13.9. The molecule has 0 N–H and O–H groups in total. The van der Waals surface area contributed by atoms with Gasteiger partial charge in [0, 0.05) is 12.4 Å². The molecule has 1 unspecified atom stereocenters. The highest BCUT2D eigenvalue weighted by atomic mass is 19.4. The van der Waals surface area contributed by atoms with Gasteiger partial charge in [-0.2, -0.15) is 13.2 Å². The second kappa shape index (κ2) is 5.02. The van der Waals surface area contributed by atoms with Crippen molar-refractivity contribution in [3.8, 4) is 0 Å². The predicted octanol–water partition coefficient (Wildman–Crippen LogP) is 3.96. The van der Waals surface area contributed by atoms with Gasteiger partial charge in [0.15, 0.2) is 0 Å². The molecule has 0 aliphatic carbocycles. The minimum atomic E-state index is -4.47. The van der Waals surface area contributed by atoms with Crippen molar-refractivity contribution >= 4 is 0 Å². The standard InChI is InChI=1S/C12H17F3N2/c1-4-6-11(3,5-2)9-7-16-10(17-8-9)12(13,14)15/h7-8H,4-6H2,1-3H3. The van der Waals surface area contributed by atoms with E-state index in [-0.39, 0.29) is 5.41 Å². The molecule has 1 rings (SSSR count). The Morgan fingerprint density at radius 2 is 1.65 bits per heavy atom. The Kier molecular flexibility index (Phi) is 4.11. The number of nitrogens with zero attached hydrogens (tertiary/aromatic N) is 2. The van der Waals surface area contributed by atoms with E-state index in [9.17, 15) is 13.2 Å². The lowest BCUT2D eigenvalue weighted by Gasteiger charge is -2.27. The molecule has 1 heterocycles. The van der Waals surface area contributed by atoms with Gasteiger partial charge >= 0.3 is 6.18 Å². The Morgan fingerprint density at radius 3 is 2.00 bits per heavy atom. The van der Waals surface area contributed by atoms with Crippen LogP contribution in [0.15, 0.2) is 12.4 Å². The SMILES string of the molecule is CCCC(C)(CC)c1cnc(C(F)(F)F)nc1. The van der Waals surface area contributed by atoms with Crippen LogP contribution in [0.2, 0.25) is 0 Å². The van der Waals surface area contributed by atoms with Crippen LogP contribution in [0.3, 0.4) is 0 Å². The molecule has 0 bridgehead atoms. The summed E-state index contributed by atoms with van der Waals surface area (Å²) >= 11 is 0. The molecule has 0 fully saturated rings. The van der Waals surface area contributed by atoms with E-state index in [2.05, 4.69) is 16.9 Å². The second-order valence-electron chi connectivity index (χ2n) is 4.46. The number of hydrogen-bond acceptors (Lipinski definition) is 2. The molecule has 0 amide bonds. The van der Waals surface area contributed by atoms with E-state index in [1.54, 1.807) is 0 Å². The van der Waals surface area contributed by atoms with E-state index in [1.165, 1.54) is 12.4 Å². The second-order valence-corrected chi connectivity index (χ2v) is 4.46. The van der Waals surface area contributed by atoms with E-state index in [0.717, 1.165) is 24.8 Å². The summed E-state index contributed by atoms with van der Waals surface area (Å²) in [5.41, 5.74) is 0.633. The van der Waals surface area contributed by atoms with Gasteiger partial charge in [-0.1, -0.05) is 27.2 Å². The maximum absolute atomic E-state index is 12.3. The minimum absolute atomic E-state index is 0.140. The third kappa shape index (κ3) is 3.17. The van der Waals surface area contributed by atoms with Gasteiger partial charge in [-0.05, 0) is 23.8 Å². The fourth-order valence-electron chi connectivity index (χ4n) is 1.86. The summed E-state index contributed by atoms with van der Waals surface area (Å²) in [4.78, 5) is 6.82. The normalized spacial score (nSPS) is 15.6. The Balaban J connectivity index is 3.01. The van der Waals surface area contributed by atoms with Crippen LogP contribution in [0.5, 0.6) is 0 Å². The Bertz CT molecular complexity index is 359. The molecule has 0 saturated carbocycles. The van der Waals surface area contributed by atoms with Crippen LogP contribution in [0.4, 0.5) is 13.2 Å². The molecule has 0 radical (unpaired) electrons. The van der Waals surface area contributed by atoms with Crippen molar-refractivity contribution in [3.05, 3.63) is 23.8 Å². The zero-order chi connectivity index (χ0) is 13.1. The molecule has 2 nitrogen and oxygen atoms in total. The van der Waals surface area contributed by atoms with Crippen molar-refractivity contribution in [3.63, 3.8) is 0 Å². The highest BCUT2D eigenvalue weighted by Crippen LogP contribution is 2.32. The summed E-state index contributed by atoms with van der Waals surface area (Å²) in [5.74, 6) is -1.07. The van der Waals surface area contributed by atoms with Gasteiger partial charge in [0.05, 0.1) is 0 Å². The molecule has 5 heteroatoms. The summed E-state index contributed by atoms with van der Waals surface area (Å²) in [6, 6.07) is 0. The van der Waals surface area contributed by atoms with E-state index in [4.69, 9.17) is 0 Å². The predicted molar refractivity (Wildman–Crippen MR) is 59.6 cm³/mol. The minimum Gasteiger partial charge on any atom is -0.233 e. The van der Waals surface area contributed by atoms with Crippen LogP contribution < -0.4 is 0 Å². The first-order valence-electron chi connectivity index (χ1n) is 5.73. The Labute approximate surface area is 99.3 Å². The van der Waals surface area contributed by atoms with Gasteiger partial charge in [0.2, 0.25) is 5.82 Å². The molecule has 1 aromatic rings. The highest BCUT2D eigenvalue weighted by molar-refractivity contribution is 5.18. The molecule has 17 heavy (non-hydrogen) atoms. The van der Waals surface area contributed by atoms with E-state index >= 15 is 0 Å². The van der Waals surface area contributed by atoms with Gasteiger partial charge in [0.25, 0.3) is 0 Å². The molecule has 0 aromatic carbocycles. The number of aromatic nitrogens is 2.